The molecule has 0 aliphatic carbocycles. The van der Waals surface area contributed by atoms with Crippen LogP contribution in [-0.4, -0.2) is 36.9 Å². The van der Waals surface area contributed by atoms with Crippen LogP contribution in [0.4, 0.5) is 0 Å². The van der Waals surface area contributed by atoms with Crippen molar-refractivity contribution in [2.24, 2.45) is 0 Å². The summed E-state index contributed by atoms with van der Waals surface area (Å²) in [4.78, 5) is 42.3. The van der Waals surface area contributed by atoms with Gasteiger partial charge in [0.2, 0.25) is 0 Å². The third kappa shape index (κ3) is 3.29. The number of hydrogen-bond donors (Lipinski definition) is 0. The minimum Gasteiger partial charge on any atom is -0.465 e. The molecule has 3 rings (SSSR count). The number of esters is 2. The standard InChI is InChI=1S/C21H17NO5/c1-12-8-10-13(11-9-12)19(23)16-14-6-4-5-7-15(14)22-18(21(25)27-3)17(16)20(24)26-2/h4-11H,1-3H3. The van der Waals surface area contributed by atoms with Gasteiger partial charge < -0.3 is 9.47 Å². The highest BCUT2D eigenvalue weighted by Gasteiger charge is 2.30. The van der Waals surface area contributed by atoms with Crippen molar-refractivity contribution in [2.75, 3.05) is 14.2 Å². The number of pyridine rings is 1. The summed E-state index contributed by atoms with van der Waals surface area (Å²) in [7, 11) is 2.36. The first-order valence-electron chi connectivity index (χ1n) is 8.18. The summed E-state index contributed by atoms with van der Waals surface area (Å²) in [6, 6.07) is 13.7. The zero-order chi connectivity index (χ0) is 19.6. The van der Waals surface area contributed by atoms with Gasteiger partial charge in [-0.15, -0.1) is 0 Å². The van der Waals surface area contributed by atoms with Crippen LogP contribution in [0.15, 0.2) is 48.5 Å². The summed E-state index contributed by atoms with van der Waals surface area (Å²) in [5, 5.41) is 0.455. The maximum absolute atomic E-state index is 13.3. The third-order valence-electron chi connectivity index (χ3n) is 4.20. The Bertz CT molecular complexity index is 1050. The summed E-state index contributed by atoms with van der Waals surface area (Å²) in [5.41, 5.74) is 1.40. The van der Waals surface area contributed by atoms with E-state index in [1.54, 1.807) is 48.5 Å². The molecule has 6 heteroatoms. The number of hydrogen-bond acceptors (Lipinski definition) is 6. The molecule has 0 bridgehead atoms. The smallest absolute Gasteiger partial charge is 0.357 e. The van der Waals surface area contributed by atoms with Crippen LogP contribution in [0.1, 0.15) is 42.3 Å². The molecule has 2 aromatic carbocycles. The molecule has 0 N–H and O–H groups in total. The van der Waals surface area contributed by atoms with Crippen LogP contribution < -0.4 is 0 Å². The normalized spacial score (nSPS) is 10.5. The predicted octanol–water partition coefficient (Wildman–Crippen LogP) is 3.35. The number of ketones is 1. The van der Waals surface area contributed by atoms with Crippen molar-refractivity contribution >= 4 is 28.6 Å². The molecule has 136 valence electrons. The van der Waals surface area contributed by atoms with E-state index in [0.717, 1.165) is 5.56 Å². The first-order valence-corrected chi connectivity index (χ1v) is 8.18. The van der Waals surface area contributed by atoms with Gasteiger partial charge in [0, 0.05) is 16.5 Å². The number of rotatable bonds is 4. The Balaban J connectivity index is 2.40. The molecule has 0 amide bonds. The number of nitrogens with zero attached hydrogens (tertiary/aromatic N) is 1. The number of carbonyl (C=O) groups excluding carboxylic acids is 3. The van der Waals surface area contributed by atoms with Crippen LogP contribution in [0.2, 0.25) is 0 Å². The first kappa shape index (κ1) is 18.3. The zero-order valence-electron chi connectivity index (χ0n) is 15.1. The van der Waals surface area contributed by atoms with Crippen molar-refractivity contribution in [3.63, 3.8) is 0 Å². The molecule has 0 atom stereocenters. The second-order valence-corrected chi connectivity index (χ2v) is 5.91. The number of fused-ring (bicyclic) bond motifs is 1. The molecule has 0 unspecified atom stereocenters. The Labute approximate surface area is 155 Å². The van der Waals surface area contributed by atoms with Crippen LogP contribution in [0.3, 0.4) is 0 Å². The van der Waals surface area contributed by atoms with Gasteiger partial charge in [-0.05, 0) is 13.0 Å². The fraction of sp³-hybridized carbons (Fsp3) is 0.143. The lowest BCUT2D eigenvalue weighted by molar-refractivity contribution is 0.0549. The summed E-state index contributed by atoms with van der Waals surface area (Å²) < 4.78 is 9.58. The summed E-state index contributed by atoms with van der Waals surface area (Å²) in [6.07, 6.45) is 0. The number of ether oxygens (including phenoxy) is 2. The van der Waals surface area contributed by atoms with E-state index in [1.807, 2.05) is 6.92 Å². The Morgan fingerprint density at radius 2 is 1.44 bits per heavy atom. The number of benzene rings is 2. The lowest BCUT2D eigenvalue weighted by Crippen LogP contribution is -2.20. The van der Waals surface area contributed by atoms with Gasteiger partial charge >= 0.3 is 11.9 Å². The molecule has 1 heterocycles. The van der Waals surface area contributed by atoms with Gasteiger partial charge in [0.25, 0.3) is 0 Å². The Morgan fingerprint density at radius 1 is 0.815 bits per heavy atom. The van der Waals surface area contributed by atoms with E-state index < -0.39 is 17.7 Å². The second kappa shape index (κ2) is 7.37. The summed E-state index contributed by atoms with van der Waals surface area (Å²) in [5.74, 6) is -2.05. The number of carbonyl (C=O) groups is 3. The SMILES string of the molecule is COC(=O)c1nc2ccccc2c(C(=O)c2ccc(C)cc2)c1C(=O)OC. The van der Waals surface area contributed by atoms with E-state index in [9.17, 15) is 14.4 Å². The van der Waals surface area contributed by atoms with E-state index in [0.29, 0.717) is 16.5 Å². The van der Waals surface area contributed by atoms with Crippen molar-refractivity contribution in [1.29, 1.82) is 0 Å². The molecule has 3 aromatic rings. The Kier molecular flexibility index (Phi) is 4.98. The van der Waals surface area contributed by atoms with E-state index >= 15 is 0 Å². The van der Waals surface area contributed by atoms with Crippen LogP contribution in [0.25, 0.3) is 10.9 Å². The Hall–Kier alpha value is -3.54. The maximum atomic E-state index is 13.3. The van der Waals surface area contributed by atoms with Crippen molar-refractivity contribution in [1.82, 2.24) is 4.98 Å². The summed E-state index contributed by atoms with van der Waals surface area (Å²) in [6.45, 7) is 1.91. The lowest BCUT2D eigenvalue weighted by atomic mass is 9.93. The van der Waals surface area contributed by atoms with E-state index in [2.05, 4.69) is 4.98 Å². The number of para-hydroxylation sites is 1. The van der Waals surface area contributed by atoms with Crippen molar-refractivity contribution in [2.45, 2.75) is 6.92 Å². The highest BCUT2D eigenvalue weighted by molar-refractivity contribution is 6.23. The fourth-order valence-electron chi connectivity index (χ4n) is 2.84. The van der Waals surface area contributed by atoms with Crippen LogP contribution in [0.5, 0.6) is 0 Å². The van der Waals surface area contributed by atoms with Crippen molar-refractivity contribution in [3.05, 3.63) is 76.5 Å². The predicted molar refractivity (Wildman–Crippen MR) is 99.0 cm³/mol. The molecule has 0 aliphatic heterocycles. The van der Waals surface area contributed by atoms with Gasteiger partial charge in [-0.3, -0.25) is 4.79 Å². The largest absolute Gasteiger partial charge is 0.465 e. The quantitative estimate of drug-likeness (QED) is 0.522. The molecule has 0 saturated heterocycles. The molecule has 0 radical (unpaired) electrons. The zero-order valence-corrected chi connectivity index (χ0v) is 15.1. The minimum atomic E-state index is -0.830. The number of aryl methyl sites for hydroxylation is 1. The van der Waals surface area contributed by atoms with Gasteiger partial charge in [-0.1, -0.05) is 48.0 Å². The van der Waals surface area contributed by atoms with Gasteiger partial charge in [0.15, 0.2) is 11.5 Å². The highest BCUT2D eigenvalue weighted by Crippen LogP contribution is 2.27. The van der Waals surface area contributed by atoms with Crippen LogP contribution in [0, 0.1) is 6.92 Å². The fourth-order valence-corrected chi connectivity index (χ4v) is 2.84. The average Bonchev–Trinajstić information content (AvgIpc) is 2.71. The van der Waals surface area contributed by atoms with Gasteiger partial charge in [-0.2, -0.15) is 0 Å². The number of methoxy groups -OCH3 is 2. The first-order chi connectivity index (χ1) is 13.0. The molecule has 0 spiro atoms. The molecule has 0 fully saturated rings. The molecular weight excluding hydrogens is 346 g/mol. The van der Waals surface area contributed by atoms with Crippen molar-refractivity contribution < 1.29 is 23.9 Å². The molecule has 6 nitrogen and oxygen atoms in total. The number of aromatic nitrogens is 1. The minimum absolute atomic E-state index is 0.0664. The maximum Gasteiger partial charge on any atom is 0.357 e. The van der Waals surface area contributed by atoms with E-state index in [1.165, 1.54) is 14.2 Å². The van der Waals surface area contributed by atoms with Gasteiger partial charge in [0.1, 0.15) is 5.56 Å². The topological polar surface area (TPSA) is 82.6 Å². The average molecular weight is 363 g/mol. The monoisotopic (exact) mass is 363 g/mol. The molecule has 0 saturated carbocycles. The van der Waals surface area contributed by atoms with E-state index in [4.69, 9.17) is 9.47 Å². The highest BCUT2D eigenvalue weighted by atomic mass is 16.5. The second-order valence-electron chi connectivity index (χ2n) is 5.91. The van der Waals surface area contributed by atoms with Gasteiger partial charge in [0.05, 0.1) is 19.7 Å². The van der Waals surface area contributed by atoms with Crippen molar-refractivity contribution in [3.8, 4) is 0 Å². The molecule has 27 heavy (non-hydrogen) atoms. The lowest BCUT2D eigenvalue weighted by Gasteiger charge is -2.14. The third-order valence-corrected chi connectivity index (χ3v) is 4.20. The van der Waals surface area contributed by atoms with Crippen LogP contribution in [-0.2, 0) is 9.47 Å². The van der Waals surface area contributed by atoms with E-state index in [-0.39, 0.29) is 16.8 Å². The molecule has 1 aromatic heterocycles. The van der Waals surface area contributed by atoms with Crippen LogP contribution >= 0.6 is 0 Å². The van der Waals surface area contributed by atoms with Gasteiger partial charge in [-0.25, -0.2) is 14.6 Å². The Morgan fingerprint density at radius 3 is 2.07 bits per heavy atom. The molecular formula is C21H17NO5. The summed E-state index contributed by atoms with van der Waals surface area (Å²) >= 11 is 0. The molecule has 0 aliphatic rings.